The van der Waals surface area contributed by atoms with Gasteiger partial charge in [0, 0.05) is 47.5 Å². The summed E-state index contributed by atoms with van der Waals surface area (Å²) in [6.45, 7) is 16.9. The number of carbonyl (C=O) groups is 2. The minimum absolute atomic E-state index is 0.125. The molecule has 0 heterocycles. The van der Waals surface area contributed by atoms with E-state index in [-0.39, 0.29) is 22.4 Å². The summed E-state index contributed by atoms with van der Waals surface area (Å²) in [5.41, 5.74) is 1.10. The third-order valence-electron chi connectivity index (χ3n) is 3.33. The lowest BCUT2D eigenvalue weighted by Gasteiger charge is -2.15. The average Bonchev–Trinajstić information content (AvgIpc) is 2.35. The van der Waals surface area contributed by atoms with Crippen LogP contribution in [0.1, 0.15) is 61.8 Å². The minimum atomic E-state index is -0.341. The maximum Gasteiger partial charge on any atom is 0.162 e. The molecule has 0 bridgehead atoms. The predicted molar refractivity (Wildman–Crippen MR) is 97.1 cm³/mol. The molecule has 0 radical (unpaired) electrons. The molecule has 0 aromatic rings. The Bertz CT molecular complexity index is 431. The highest BCUT2D eigenvalue weighted by atomic mass is 16.1. The standard InChI is InChI=1S/C19H34N2O2/c1-14(12-16(22)18(3,4)5)20-10-9-11-21-15(2)13-17(23)19(6,7)8/h12-13,20-21H,9-11H2,1-8H3/b14-12+,15-13+. The number of carbonyl (C=O) groups excluding carboxylic acids is 2. The van der Waals surface area contributed by atoms with Gasteiger partial charge in [-0.15, -0.1) is 0 Å². The van der Waals surface area contributed by atoms with Crippen LogP contribution in [0.15, 0.2) is 23.5 Å². The predicted octanol–water partition coefficient (Wildman–Crippen LogP) is 3.59. The van der Waals surface area contributed by atoms with E-state index in [4.69, 9.17) is 0 Å². The molecular weight excluding hydrogens is 288 g/mol. The van der Waals surface area contributed by atoms with E-state index >= 15 is 0 Å². The Hall–Kier alpha value is -1.58. The molecule has 0 aromatic heterocycles. The number of hydrogen-bond acceptors (Lipinski definition) is 4. The van der Waals surface area contributed by atoms with Crippen molar-refractivity contribution in [3.05, 3.63) is 23.5 Å². The molecule has 0 aliphatic heterocycles. The van der Waals surface area contributed by atoms with E-state index in [0.717, 1.165) is 30.9 Å². The highest BCUT2D eigenvalue weighted by molar-refractivity contribution is 5.94. The summed E-state index contributed by atoms with van der Waals surface area (Å²) in [6.07, 6.45) is 4.24. The maximum absolute atomic E-state index is 11.9. The van der Waals surface area contributed by atoms with Crippen molar-refractivity contribution >= 4 is 11.6 Å². The van der Waals surface area contributed by atoms with Crippen molar-refractivity contribution in [1.29, 1.82) is 0 Å². The van der Waals surface area contributed by atoms with Crippen LogP contribution in [0, 0.1) is 10.8 Å². The molecular formula is C19H34N2O2. The Labute approximate surface area is 141 Å². The lowest BCUT2D eigenvalue weighted by Crippen LogP contribution is -2.24. The second kappa shape index (κ2) is 8.90. The second-order valence-electron chi connectivity index (χ2n) is 8.09. The van der Waals surface area contributed by atoms with Crippen molar-refractivity contribution in [2.45, 2.75) is 61.8 Å². The van der Waals surface area contributed by atoms with E-state index in [1.165, 1.54) is 0 Å². The molecule has 0 aliphatic carbocycles. The van der Waals surface area contributed by atoms with E-state index in [1.807, 2.05) is 55.4 Å². The van der Waals surface area contributed by atoms with Crippen molar-refractivity contribution in [2.24, 2.45) is 10.8 Å². The molecule has 0 amide bonds. The van der Waals surface area contributed by atoms with Gasteiger partial charge in [0.15, 0.2) is 11.6 Å². The zero-order valence-corrected chi connectivity index (χ0v) is 16.1. The van der Waals surface area contributed by atoms with Gasteiger partial charge in [-0.1, -0.05) is 41.5 Å². The fourth-order valence-corrected chi connectivity index (χ4v) is 1.59. The van der Waals surface area contributed by atoms with Gasteiger partial charge in [0.1, 0.15) is 0 Å². The third-order valence-corrected chi connectivity index (χ3v) is 3.33. The van der Waals surface area contributed by atoms with Gasteiger partial charge in [0.25, 0.3) is 0 Å². The third kappa shape index (κ3) is 9.93. The van der Waals surface area contributed by atoms with E-state index in [0.29, 0.717) is 0 Å². The summed E-state index contributed by atoms with van der Waals surface area (Å²) in [4.78, 5) is 23.7. The summed E-state index contributed by atoms with van der Waals surface area (Å²) in [7, 11) is 0. The molecule has 0 saturated carbocycles. The Morgan fingerprint density at radius 3 is 1.30 bits per heavy atom. The highest BCUT2D eigenvalue weighted by Gasteiger charge is 2.19. The van der Waals surface area contributed by atoms with Crippen LogP contribution in [-0.4, -0.2) is 24.7 Å². The molecule has 0 atom stereocenters. The van der Waals surface area contributed by atoms with Gasteiger partial charge in [-0.3, -0.25) is 9.59 Å². The van der Waals surface area contributed by atoms with Gasteiger partial charge < -0.3 is 10.6 Å². The molecule has 0 aromatic carbocycles. The summed E-state index contributed by atoms with van der Waals surface area (Å²) < 4.78 is 0. The lowest BCUT2D eigenvalue weighted by atomic mass is 9.90. The molecule has 0 rings (SSSR count). The Morgan fingerprint density at radius 2 is 1.04 bits per heavy atom. The zero-order chi connectivity index (χ0) is 18.3. The fraction of sp³-hybridized carbons (Fsp3) is 0.684. The van der Waals surface area contributed by atoms with Crippen LogP contribution in [0.5, 0.6) is 0 Å². The van der Waals surface area contributed by atoms with Gasteiger partial charge in [0.05, 0.1) is 0 Å². The van der Waals surface area contributed by atoms with Crippen molar-refractivity contribution < 1.29 is 9.59 Å². The smallest absolute Gasteiger partial charge is 0.162 e. The first-order chi connectivity index (χ1) is 10.3. The largest absolute Gasteiger partial charge is 0.388 e. The van der Waals surface area contributed by atoms with Crippen molar-refractivity contribution in [3.63, 3.8) is 0 Å². The van der Waals surface area contributed by atoms with Crippen LogP contribution < -0.4 is 10.6 Å². The molecule has 0 aliphatic rings. The summed E-state index contributed by atoms with van der Waals surface area (Å²) in [5, 5.41) is 6.48. The van der Waals surface area contributed by atoms with Crippen LogP contribution in [-0.2, 0) is 9.59 Å². The molecule has 0 saturated heterocycles. The van der Waals surface area contributed by atoms with Crippen LogP contribution in [0.25, 0.3) is 0 Å². The van der Waals surface area contributed by atoms with Crippen molar-refractivity contribution in [2.75, 3.05) is 13.1 Å². The van der Waals surface area contributed by atoms with Gasteiger partial charge >= 0.3 is 0 Å². The molecule has 23 heavy (non-hydrogen) atoms. The summed E-state index contributed by atoms with van der Waals surface area (Å²) >= 11 is 0. The van der Waals surface area contributed by atoms with E-state index < -0.39 is 0 Å². The normalized spacial score (nSPS) is 13.7. The molecule has 0 spiro atoms. The van der Waals surface area contributed by atoms with Crippen LogP contribution in [0.2, 0.25) is 0 Å². The highest BCUT2D eigenvalue weighted by Crippen LogP contribution is 2.16. The maximum atomic E-state index is 11.9. The Balaban J connectivity index is 4.11. The van der Waals surface area contributed by atoms with Gasteiger partial charge in [-0.2, -0.15) is 0 Å². The number of rotatable bonds is 8. The van der Waals surface area contributed by atoms with Gasteiger partial charge in [0.2, 0.25) is 0 Å². The van der Waals surface area contributed by atoms with Crippen molar-refractivity contribution in [1.82, 2.24) is 10.6 Å². The van der Waals surface area contributed by atoms with Crippen LogP contribution in [0.4, 0.5) is 0 Å². The SMILES string of the molecule is C/C(=C\C(=O)C(C)(C)C)NCCCN/C(C)=C/C(=O)C(C)(C)C. The monoisotopic (exact) mass is 322 g/mol. The second-order valence-corrected chi connectivity index (χ2v) is 8.09. The molecule has 0 unspecified atom stereocenters. The first-order valence-corrected chi connectivity index (χ1v) is 8.27. The van der Waals surface area contributed by atoms with E-state index in [9.17, 15) is 9.59 Å². The molecule has 2 N–H and O–H groups in total. The first kappa shape index (κ1) is 21.4. The number of allylic oxidation sites excluding steroid dienone is 4. The lowest BCUT2D eigenvalue weighted by molar-refractivity contribution is -0.122. The minimum Gasteiger partial charge on any atom is -0.388 e. The van der Waals surface area contributed by atoms with Gasteiger partial charge in [-0.05, 0) is 20.3 Å². The topological polar surface area (TPSA) is 58.2 Å². The summed E-state index contributed by atoms with van der Waals surface area (Å²) in [5.74, 6) is 0.250. The number of hydrogen-bond donors (Lipinski definition) is 2. The van der Waals surface area contributed by atoms with E-state index in [2.05, 4.69) is 10.6 Å². The molecule has 0 fully saturated rings. The Kier molecular flexibility index (Phi) is 8.29. The Morgan fingerprint density at radius 1 is 0.739 bits per heavy atom. The number of nitrogens with one attached hydrogen (secondary N) is 2. The zero-order valence-electron chi connectivity index (χ0n) is 16.1. The fourth-order valence-electron chi connectivity index (χ4n) is 1.59. The number of ketones is 2. The van der Waals surface area contributed by atoms with E-state index in [1.54, 1.807) is 12.2 Å². The quantitative estimate of drug-likeness (QED) is 0.529. The van der Waals surface area contributed by atoms with Crippen molar-refractivity contribution in [3.8, 4) is 0 Å². The summed E-state index contributed by atoms with van der Waals surface area (Å²) in [6, 6.07) is 0. The van der Waals surface area contributed by atoms with Crippen LogP contribution in [0.3, 0.4) is 0 Å². The first-order valence-electron chi connectivity index (χ1n) is 8.27. The van der Waals surface area contributed by atoms with Crippen LogP contribution >= 0.6 is 0 Å². The molecule has 4 heteroatoms. The van der Waals surface area contributed by atoms with Gasteiger partial charge in [-0.25, -0.2) is 0 Å². The average molecular weight is 322 g/mol. The molecule has 4 nitrogen and oxygen atoms in total. The molecule has 132 valence electrons.